The van der Waals surface area contributed by atoms with Crippen LogP contribution in [0.5, 0.6) is 5.75 Å². The van der Waals surface area contributed by atoms with Gasteiger partial charge in [0.1, 0.15) is 5.75 Å². The highest BCUT2D eigenvalue weighted by molar-refractivity contribution is 6.30. The molecule has 0 aromatic heterocycles. The van der Waals surface area contributed by atoms with Crippen molar-refractivity contribution in [2.45, 2.75) is 32.8 Å². The first-order valence-corrected chi connectivity index (χ1v) is 8.24. The van der Waals surface area contributed by atoms with Crippen molar-refractivity contribution in [1.82, 2.24) is 5.32 Å². The number of benzene rings is 2. The molecule has 3 nitrogen and oxygen atoms in total. The van der Waals surface area contributed by atoms with Crippen molar-refractivity contribution < 1.29 is 9.53 Å². The molecule has 2 aromatic carbocycles. The maximum Gasteiger partial charge on any atom is 0.260 e. The molecule has 0 aliphatic carbocycles. The highest BCUT2D eigenvalue weighted by Crippen LogP contribution is 2.19. The first kappa shape index (κ1) is 17.4. The molecular formula is C19H22ClNO2. The maximum absolute atomic E-state index is 12.1. The molecule has 1 amide bonds. The van der Waals surface area contributed by atoms with Crippen LogP contribution < -0.4 is 10.1 Å². The minimum Gasteiger partial charge on any atom is -0.481 e. The molecule has 0 radical (unpaired) electrons. The number of hydrogen-bond acceptors (Lipinski definition) is 2. The number of amides is 1. The Kier molecular flexibility index (Phi) is 6.48. The van der Waals surface area contributed by atoms with Crippen molar-refractivity contribution in [1.29, 1.82) is 0 Å². The summed E-state index contributed by atoms with van der Waals surface area (Å²) in [6, 6.07) is 15.4. The molecule has 0 bridgehead atoms. The van der Waals surface area contributed by atoms with Crippen LogP contribution in [0.25, 0.3) is 0 Å². The van der Waals surface area contributed by atoms with Crippen LogP contribution in [0, 0.1) is 0 Å². The van der Waals surface area contributed by atoms with Gasteiger partial charge in [-0.3, -0.25) is 4.79 Å². The molecule has 0 fully saturated rings. The van der Waals surface area contributed by atoms with Gasteiger partial charge in [0.05, 0.1) is 0 Å². The van der Waals surface area contributed by atoms with E-state index in [4.69, 9.17) is 16.3 Å². The van der Waals surface area contributed by atoms with Gasteiger partial charge in [-0.2, -0.15) is 0 Å². The Balaban J connectivity index is 1.81. The number of ether oxygens (including phenoxy) is 1. The Morgan fingerprint density at radius 1 is 1.17 bits per heavy atom. The Morgan fingerprint density at radius 2 is 1.87 bits per heavy atom. The SMILES string of the molecule is CCc1ccccc1OC(C)C(=O)NCCc1ccc(Cl)cc1. The van der Waals surface area contributed by atoms with Crippen LogP contribution in [0.2, 0.25) is 5.02 Å². The molecule has 0 heterocycles. The van der Waals surface area contributed by atoms with Crippen molar-refractivity contribution >= 4 is 17.5 Å². The molecule has 1 N–H and O–H groups in total. The number of hydrogen-bond donors (Lipinski definition) is 1. The number of para-hydroxylation sites is 1. The topological polar surface area (TPSA) is 38.3 Å². The average molecular weight is 332 g/mol. The minimum absolute atomic E-state index is 0.107. The smallest absolute Gasteiger partial charge is 0.260 e. The molecule has 122 valence electrons. The molecule has 0 saturated heterocycles. The fourth-order valence-electron chi connectivity index (χ4n) is 2.28. The quantitative estimate of drug-likeness (QED) is 0.832. The molecule has 2 aromatic rings. The Labute approximate surface area is 142 Å². The van der Waals surface area contributed by atoms with E-state index in [9.17, 15) is 4.79 Å². The number of carbonyl (C=O) groups excluding carboxylic acids is 1. The van der Waals surface area contributed by atoms with E-state index in [1.165, 1.54) is 0 Å². The fourth-order valence-corrected chi connectivity index (χ4v) is 2.41. The number of nitrogens with one attached hydrogen (secondary N) is 1. The van der Waals surface area contributed by atoms with E-state index >= 15 is 0 Å². The molecule has 0 aliphatic rings. The van der Waals surface area contributed by atoms with Crippen LogP contribution in [0.4, 0.5) is 0 Å². The largest absolute Gasteiger partial charge is 0.481 e. The number of carbonyl (C=O) groups is 1. The first-order valence-electron chi connectivity index (χ1n) is 7.87. The van der Waals surface area contributed by atoms with Gasteiger partial charge in [0, 0.05) is 11.6 Å². The molecule has 0 spiro atoms. The van der Waals surface area contributed by atoms with Crippen LogP contribution in [0.3, 0.4) is 0 Å². The van der Waals surface area contributed by atoms with E-state index in [1.807, 2.05) is 48.5 Å². The molecule has 1 atom stereocenters. The van der Waals surface area contributed by atoms with E-state index in [2.05, 4.69) is 12.2 Å². The lowest BCUT2D eigenvalue weighted by Crippen LogP contribution is -2.37. The lowest BCUT2D eigenvalue weighted by Gasteiger charge is -2.17. The van der Waals surface area contributed by atoms with Gasteiger partial charge in [0.25, 0.3) is 5.91 Å². The van der Waals surface area contributed by atoms with E-state index in [0.29, 0.717) is 6.54 Å². The summed E-state index contributed by atoms with van der Waals surface area (Å²) in [6.45, 7) is 4.41. The lowest BCUT2D eigenvalue weighted by atomic mass is 10.1. The van der Waals surface area contributed by atoms with Gasteiger partial charge >= 0.3 is 0 Å². The third-order valence-electron chi connectivity index (χ3n) is 3.65. The summed E-state index contributed by atoms with van der Waals surface area (Å²) in [7, 11) is 0. The second-order valence-electron chi connectivity index (χ2n) is 5.39. The number of halogens is 1. The summed E-state index contributed by atoms with van der Waals surface area (Å²) >= 11 is 5.85. The van der Waals surface area contributed by atoms with Gasteiger partial charge in [0.2, 0.25) is 0 Å². The zero-order valence-electron chi connectivity index (χ0n) is 13.5. The van der Waals surface area contributed by atoms with Crippen molar-refractivity contribution in [2.24, 2.45) is 0 Å². The highest BCUT2D eigenvalue weighted by Gasteiger charge is 2.15. The summed E-state index contributed by atoms with van der Waals surface area (Å²) in [5.41, 5.74) is 2.24. The zero-order valence-corrected chi connectivity index (χ0v) is 14.3. The van der Waals surface area contributed by atoms with Crippen LogP contribution in [0.1, 0.15) is 25.0 Å². The predicted molar refractivity (Wildman–Crippen MR) is 94.1 cm³/mol. The second kappa shape index (κ2) is 8.59. The monoisotopic (exact) mass is 331 g/mol. The summed E-state index contributed by atoms with van der Waals surface area (Å²) < 4.78 is 5.79. The lowest BCUT2D eigenvalue weighted by molar-refractivity contribution is -0.127. The van der Waals surface area contributed by atoms with Crippen LogP contribution in [0.15, 0.2) is 48.5 Å². The van der Waals surface area contributed by atoms with Gasteiger partial charge in [0.15, 0.2) is 6.10 Å². The van der Waals surface area contributed by atoms with Crippen molar-refractivity contribution in [2.75, 3.05) is 6.54 Å². The molecule has 0 saturated carbocycles. The number of rotatable bonds is 7. The van der Waals surface area contributed by atoms with Gasteiger partial charge in [-0.05, 0) is 49.1 Å². The Bertz CT molecular complexity index is 640. The molecule has 2 rings (SSSR count). The van der Waals surface area contributed by atoms with Crippen molar-refractivity contribution in [3.63, 3.8) is 0 Å². The zero-order chi connectivity index (χ0) is 16.7. The van der Waals surface area contributed by atoms with Crippen molar-refractivity contribution in [3.8, 4) is 5.75 Å². The maximum atomic E-state index is 12.1. The standard InChI is InChI=1S/C19H22ClNO2/c1-3-16-6-4-5-7-18(16)23-14(2)19(22)21-13-12-15-8-10-17(20)11-9-15/h4-11,14H,3,12-13H2,1-2H3,(H,21,22). The fraction of sp³-hybridized carbons (Fsp3) is 0.316. The number of aryl methyl sites for hydroxylation is 1. The van der Waals surface area contributed by atoms with Crippen LogP contribution in [-0.4, -0.2) is 18.6 Å². The third kappa shape index (κ3) is 5.29. The van der Waals surface area contributed by atoms with Gasteiger partial charge in [-0.1, -0.05) is 48.9 Å². The normalized spacial score (nSPS) is 11.8. The highest BCUT2D eigenvalue weighted by atomic mass is 35.5. The van der Waals surface area contributed by atoms with Gasteiger partial charge in [-0.15, -0.1) is 0 Å². The summed E-state index contributed by atoms with van der Waals surface area (Å²) in [4.78, 5) is 12.1. The van der Waals surface area contributed by atoms with Crippen molar-refractivity contribution in [3.05, 3.63) is 64.7 Å². The van der Waals surface area contributed by atoms with E-state index < -0.39 is 6.10 Å². The first-order chi connectivity index (χ1) is 11.1. The van der Waals surface area contributed by atoms with E-state index in [1.54, 1.807) is 6.92 Å². The molecule has 0 aliphatic heterocycles. The van der Waals surface area contributed by atoms with Crippen LogP contribution in [-0.2, 0) is 17.6 Å². The average Bonchev–Trinajstić information content (AvgIpc) is 2.57. The summed E-state index contributed by atoms with van der Waals surface area (Å²) in [5, 5.41) is 3.62. The Hall–Kier alpha value is -2.00. The Morgan fingerprint density at radius 3 is 2.57 bits per heavy atom. The third-order valence-corrected chi connectivity index (χ3v) is 3.90. The van der Waals surface area contributed by atoms with Gasteiger partial charge in [-0.25, -0.2) is 0 Å². The second-order valence-corrected chi connectivity index (χ2v) is 5.83. The molecule has 23 heavy (non-hydrogen) atoms. The summed E-state index contributed by atoms with van der Waals surface area (Å²) in [6.07, 6.45) is 1.12. The molecule has 1 unspecified atom stereocenters. The predicted octanol–water partition coefficient (Wildman–Crippen LogP) is 4.03. The molecule has 4 heteroatoms. The molecular weight excluding hydrogens is 310 g/mol. The summed E-state index contributed by atoms with van der Waals surface area (Å²) in [5.74, 6) is 0.667. The minimum atomic E-state index is -0.520. The van der Waals surface area contributed by atoms with Gasteiger partial charge < -0.3 is 10.1 Å². The van der Waals surface area contributed by atoms with E-state index in [0.717, 1.165) is 34.7 Å². The van der Waals surface area contributed by atoms with E-state index in [-0.39, 0.29) is 5.91 Å². The van der Waals surface area contributed by atoms with Crippen LogP contribution >= 0.6 is 11.6 Å².